The fraction of sp³-hybridized carbons (Fsp3) is 0.133. The number of aryl methyl sites for hydroxylation is 1. The molecule has 118 valence electrons. The molecular formula is C15H12ClN3O3S. The molecule has 3 rings (SSSR count). The van der Waals surface area contributed by atoms with Gasteiger partial charge in [0, 0.05) is 6.07 Å². The average molecular weight is 350 g/mol. The Morgan fingerprint density at radius 2 is 2.13 bits per heavy atom. The molecule has 0 atom stereocenters. The summed E-state index contributed by atoms with van der Waals surface area (Å²) in [5, 5.41) is 12.2. The molecule has 0 spiro atoms. The van der Waals surface area contributed by atoms with Crippen LogP contribution in [0.15, 0.2) is 40.8 Å². The molecule has 2 heterocycles. The van der Waals surface area contributed by atoms with E-state index in [1.807, 2.05) is 6.92 Å². The summed E-state index contributed by atoms with van der Waals surface area (Å²) >= 11 is 7.33. The van der Waals surface area contributed by atoms with Crippen molar-refractivity contribution in [2.75, 3.05) is 5.32 Å². The largest absolute Gasteiger partial charge is 0.424 e. The van der Waals surface area contributed by atoms with Crippen LogP contribution in [0.25, 0.3) is 0 Å². The zero-order valence-electron chi connectivity index (χ0n) is 12.1. The van der Waals surface area contributed by atoms with Gasteiger partial charge in [-0.2, -0.15) is 0 Å². The zero-order chi connectivity index (χ0) is 16.2. The number of ether oxygens (including phenoxy) is 1. The Morgan fingerprint density at radius 3 is 2.87 bits per heavy atom. The van der Waals surface area contributed by atoms with Crippen LogP contribution in [0.5, 0.6) is 11.7 Å². The van der Waals surface area contributed by atoms with E-state index in [0.29, 0.717) is 15.9 Å². The number of hydrogen-bond acceptors (Lipinski definition) is 6. The van der Waals surface area contributed by atoms with Crippen molar-refractivity contribution in [3.05, 3.63) is 52.2 Å². The molecule has 23 heavy (non-hydrogen) atoms. The minimum absolute atomic E-state index is 0.111. The quantitative estimate of drug-likeness (QED) is 0.739. The molecule has 0 fully saturated rings. The Labute approximate surface area is 141 Å². The van der Waals surface area contributed by atoms with Gasteiger partial charge in [0.2, 0.25) is 5.13 Å². The molecule has 0 aliphatic rings. The molecule has 3 aromatic rings. The van der Waals surface area contributed by atoms with E-state index >= 15 is 0 Å². The normalized spacial score (nSPS) is 10.5. The molecule has 1 aromatic carbocycles. The lowest BCUT2D eigenvalue weighted by Gasteiger charge is -2.03. The SMILES string of the molecule is CCc1nnc(NC(=O)c2ccc(Oc3ccccc3Cl)o2)s1. The van der Waals surface area contributed by atoms with Gasteiger partial charge in [0.05, 0.1) is 5.02 Å². The Bertz CT molecular complexity index is 831. The van der Waals surface area contributed by atoms with Gasteiger partial charge in [-0.05, 0) is 24.6 Å². The van der Waals surface area contributed by atoms with Crippen LogP contribution in [-0.4, -0.2) is 16.1 Å². The summed E-state index contributed by atoms with van der Waals surface area (Å²) in [6.07, 6.45) is 0.768. The molecule has 2 aromatic heterocycles. The number of rotatable bonds is 5. The first kappa shape index (κ1) is 15.5. The molecule has 0 bridgehead atoms. The molecule has 0 radical (unpaired) electrons. The van der Waals surface area contributed by atoms with Crippen LogP contribution in [0.2, 0.25) is 5.02 Å². The van der Waals surface area contributed by atoms with Gasteiger partial charge in [-0.1, -0.05) is 42.0 Å². The molecular weight excluding hydrogens is 338 g/mol. The third kappa shape index (κ3) is 3.69. The van der Waals surface area contributed by atoms with Gasteiger partial charge >= 0.3 is 0 Å². The van der Waals surface area contributed by atoms with Gasteiger partial charge in [0.1, 0.15) is 10.8 Å². The highest BCUT2D eigenvalue weighted by molar-refractivity contribution is 7.15. The number of furan rings is 1. The summed E-state index contributed by atoms with van der Waals surface area (Å²) in [6, 6.07) is 10.1. The topological polar surface area (TPSA) is 77.2 Å². The van der Waals surface area contributed by atoms with E-state index in [4.69, 9.17) is 20.8 Å². The summed E-state index contributed by atoms with van der Waals surface area (Å²) in [7, 11) is 0. The fourth-order valence-electron chi connectivity index (χ4n) is 1.74. The minimum Gasteiger partial charge on any atom is -0.424 e. The number of carbonyl (C=O) groups is 1. The summed E-state index contributed by atoms with van der Waals surface area (Å²) in [4.78, 5) is 12.1. The standard InChI is InChI=1S/C15H12ClN3O3S/c1-2-12-18-19-15(23-12)17-14(20)11-7-8-13(22-11)21-10-6-4-3-5-9(10)16/h3-8H,2H2,1H3,(H,17,19,20). The van der Waals surface area contributed by atoms with E-state index in [9.17, 15) is 4.79 Å². The van der Waals surface area contributed by atoms with Crippen molar-refractivity contribution in [3.8, 4) is 11.7 Å². The molecule has 1 amide bonds. The maximum Gasteiger partial charge on any atom is 0.293 e. The molecule has 8 heteroatoms. The second kappa shape index (κ2) is 6.80. The number of hydrogen-bond donors (Lipinski definition) is 1. The van der Waals surface area contributed by atoms with Crippen molar-refractivity contribution in [2.45, 2.75) is 13.3 Å². The molecule has 6 nitrogen and oxygen atoms in total. The Morgan fingerprint density at radius 1 is 1.30 bits per heavy atom. The number of nitrogens with one attached hydrogen (secondary N) is 1. The van der Waals surface area contributed by atoms with Crippen molar-refractivity contribution >= 4 is 34.0 Å². The highest BCUT2D eigenvalue weighted by atomic mass is 35.5. The third-order valence-corrected chi connectivity index (χ3v) is 4.14. The Balaban J connectivity index is 1.68. The van der Waals surface area contributed by atoms with Gasteiger partial charge < -0.3 is 9.15 Å². The first-order chi connectivity index (χ1) is 11.2. The second-order valence-electron chi connectivity index (χ2n) is 4.46. The van der Waals surface area contributed by atoms with Gasteiger partial charge in [-0.25, -0.2) is 0 Å². The number of para-hydroxylation sites is 1. The van der Waals surface area contributed by atoms with Crippen LogP contribution in [0.1, 0.15) is 22.5 Å². The van der Waals surface area contributed by atoms with Crippen molar-refractivity contribution in [3.63, 3.8) is 0 Å². The van der Waals surface area contributed by atoms with E-state index in [2.05, 4.69) is 15.5 Å². The number of carbonyl (C=O) groups excluding carboxylic acids is 1. The molecule has 0 aliphatic carbocycles. The number of nitrogens with zero attached hydrogens (tertiary/aromatic N) is 2. The summed E-state index contributed by atoms with van der Waals surface area (Å²) in [6.45, 7) is 1.97. The van der Waals surface area contributed by atoms with Gasteiger partial charge in [0.25, 0.3) is 11.9 Å². The van der Waals surface area contributed by atoms with Gasteiger partial charge in [0.15, 0.2) is 5.76 Å². The zero-order valence-corrected chi connectivity index (χ0v) is 13.6. The van der Waals surface area contributed by atoms with E-state index in [1.165, 1.54) is 17.4 Å². The van der Waals surface area contributed by atoms with E-state index < -0.39 is 5.91 Å². The van der Waals surface area contributed by atoms with Crippen LogP contribution in [0.3, 0.4) is 0 Å². The van der Waals surface area contributed by atoms with Crippen LogP contribution in [-0.2, 0) is 6.42 Å². The lowest BCUT2D eigenvalue weighted by Crippen LogP contribution is -2.10. The number of halogens is 1. The van der Waals surface area contributed by atoms with Crippen molar-refractivity contribution in [2.24, 2.45) is 0 Å². The second-order valence-corrected chi connectivity index (χ2v) is 5.93. The Kier molecular flexibility index (Phi) is 4.59. The molecule has 0 saturated heterocycles. The summed E-state index contributed by atoms with van der Waals surface area (Å²) in [5.41, 5.74) is 0. The van der Waals surface area contributed by atoms with Crippen molar-refractivity contribution < 1.29 is 13.9 Å². The predicted molar refractivity (Wildman–Crippen MR) is 87.5 cm³/mol. The lowest BCUT2D eigenvalue weighted by atomic mass is 10.3. The maximum absolute atomic E-state index is 12.1. The van der Waals surface area contributed by atoms with Crippen molar-refractivity contribution in [1.82, 2.24) is 10.2 Å². The third-order valence-electron chi connectivity index (χ3n) is 2.84. The first-order valence-corrected chi connectivity index (χ1v) is 8.01. The highest BCUT2D eigenvalue weighted by Crippen LogP contribution is 2.30. The number of benzene rings is 1. The first-order valence-electron chi connectivity index (χ1n) is 6.81. The van der Waals surface area contributed by atoms with Crippen LogP contribution >= 0.6 is 22.9 Å². The van der Waals surface area contributed by atoms with Crippen LogP contribution in [0.4, 0.5) is 5.13 Å². The predicted octanol–water partition coefficient (Wildman–Crippen LogP) is 4.39. The maximum atomic E-state index is 12.1. The molecule has 1 N–H and O–H groups in total. The molecule has 0 saturated carbocycles. The number of aromatic nitrogens is 2. The summed E-state index contributed by atoms with van der Waals surface area (Å²) in [5.74, 6) is 0.320. The minimum atomic E-state index is -0.419. The van der Waals surface area contributed by atoms with E-state index in [-0.39, 0.29) is 11.7 Å². The van der Waals surface area contributed by atoms with Crippen molar-refractivity contribution in [1.29, 1.82) is 0 Å². The Hall–Kier alpha value is -2.38. The number of anilines is 1. The summed E-state index contributed by atoms with van der Waals surface area (Å²) < 4.78 is 10.9. The molecule has 0 aliphatic heterocycles. The molecule has 0 unspecified atom stereocenters. The van der Waals surface area contributed by atoms with E-state index in [1.54, 1.807) is 30.3 Å². The highest BCUT2D eigenvalue weighted by Gasteiger charge is 2.15. The van der Waals surface area contributed by atoms with Crippen LogP contribution in [0, 0.1) is 0 Å². The van der Waals surface area contributed by atoms with Gasteiger partial charge in [-0.3, -0.25) is 10.1 Å². The lowest BCUT2D eigenvalue weighted by molar-refractivity contribution is 0.0991. The van der Waals surface area contributed by atoms with Gasteiger partial charge in [-0.15, -0.1) is 10.2 Å². The van der Waals surface area contributed by atoms with E-state index in [0.717, 1.165) is 11.4 Å². The van der Waals surface area contributed by atoms with Crippen LogP contribution < -0.4 is 10.1 Å². The fourth-order valence-corrected chi connectivity index (χ4v) is 2.59. The smallest absolute Gasteiger partial charge is 0.293 e. The average Bonchev–Trinajstić information content (AvgIpc) is 3.19. The monoisotopic (exact) mass is 349 g/mol. The number of amides is 1.